The zero-order valence-electron chi connectivity index (χ0n) is 9.22. The molecule has 0 radical (unpaired) electrons. The molecule has 0 saturated heterocycles. The van der Waals surface area contributed by atoms with E-state index in [1.54, 1.807) is 6.07 Å². The van der Waals surface area contributed by atoms with Gasteiger partial charge in [0.25, 0.3) is 0 Å². The van der Waals surface area contributed by atoms with Crippen molar-refractivity contribution in [3.8, 4) is 5.75 Å². The third-order valence-electron chi connectivity index (χ3n) is 2.97. The summed E-state index contributed by atoms with van der Waals surface area (Å²) in [7, 11) is 0. The van der Waals surface area contributed by atoms with Gasteiger partial charge in [-0.05, 0) is 25.0 Å². The van der Waals surface area contributed by atoms with Crippen LogP contribution in [0.2, 0.25) is 0 Å². The zero-order chi connectivity index (χ0) is 11.2. The quantitative estimate of drug-likeness (QED) is 0.682. The first-order valence-electron chi connectivity index (χ1n) is 5.05. The minimum atomic E-state index is -0.446. The molecule has 0 aliphatic carbocycles. The Morgan fingerprint density at radius 2 is 2.07 bits per heavy atom. The molecule has 3 nitrogen and oxygen atoms in total. The van der Waals surface area contributed by atoms with Crippen LogP contribution >= 0.6 is 0 Å². The lowest BCUT2D eigenvalue weighted by Crippen LogP contribution is -2.37. The fraction of sp³-hybridized carbons (Fsp3) is 0.417. The van der Waals surface area contributed by atoms with Crippen molar-refractivity contribution in [2.24, 2.45) is 5.41 Å². The summed E-state index contributed by atoms with van der Waals surface area (Å²) in [6.45, 7) is 5.69. The number of hydrogen-bond donors (Lipinski definition) is 2. The van der Waals surface area contributed by atoms with Gasteiger partial charge in [0.1, 0.15) is 5.75 Å². The molecule has 0 bridgehead atoms. The molecule has 80 valence electrons. The molecular weight excluding hydrogens is 190 g/mol. The Bertz CT molecular complexity index is 435. The second kappa shape index (κ2) is 2.99. The van der Waals surface area contributed by atoms with Crippen molar-refractivity contribution in [3.63, 3.8) is 0 Å². The molecule has 2 rings (SSSR count). The van der Waals surface area contributed by atoms with Crippen LogP contribution in [0.5, 0.6) is 5.75 Å². The van der Waals surface area contributed by atoms with Crippen molar-refractivity contribution < 1.29 is 9.90 Å². The molecule has 1 heterocycles. The minimum absolute atomic E-state index is 0.0173. The van der Waals surface area contributed by atoms with Gasteiger partial charge < -0.3 is 10.4 Å². The van der Waals surface area contributed by atoms with Crippen molar-refractivity contribution >= 4 is 11.6 Å². The van der Waals surface area contributed by atoms with Gasteiger partial charge in [0.2, 0.25) is 5.91 Å². The van der Waals surface area contributed by atoms with Gasteiger partial charge in [-0.15, -0.1) is 0 Å². The van der Waals surface area contributed by atoms with Crippen LogP contribution in [-0.2, 0) is 11.2 Å². The highest BCUT2D eigenvalue weighted by Crippen LogP contribution is 2.39. The Kier molecular flexibility index (Phi) is 2.00. The third kappa shape index (κ3) is 1.48. The molecule has 15 heavy (non-hydrogen) atoms. The highest BCUT2D eigenvalue weighted by atomic mass is 16.3. The van der Waals surface area contributed by atoms with Gasteiger partial charge in [0, 0.05) is 11.0 Å². The summed E-state index contributed by atoms with van der Waals surface area (Å²) in [4.78, 5) is 11.7. The molecule has 1 aromatic rings. The number of carbonyl (C=O) groups excluding carboxylic acids is 1. The number of phenols is 1. The first-order chi connectivity index (χ1) is 6.92. The van der Waals surface area contributed by atoms with E-state index in [1.807, 2.05) is 26.8 Å². The molecule has 3 heteroatoms. The van der Waals surface area contributed by atoms with E-state index in [4.69, 9.17) is 0 Å². The number of hydrogen-bond acceptors (Lipinski definition) is 2. The molecule has 0 saturated carbocycles. The van der Waals surface area contributed by atoms with Gasteiger partial charge >= 0.3 is 0 Å². The topological polar surface area (TPSA) is 49.3 Å². The van der Waals surface area contributed by atoms with Crippen LogP contribution in [0.1, 0.15) is 25.0 Å². The van der Waals surface area contributed by atoms with Crippen molar-refractivity contribution in [1.82, 2.24) is 0 Å². The number of anilines is 1. The molecule has 0 fully saturated rings. The highest BCUT2D eigenvalue weighted by Gasteiger charge is 2.35. The Morgan fingerprint density at radius 1 is 1.40 bits per heavy atom. The number of benzene rings is 1. The number of amides is 1. The van der Waals surface area contributed by atoms with E-state index < -0.39 is 5.41 Å². The third-order valence-corrected chi connectivity index (χ3v) is 2.97. The van der Waals surface area contributed by atoms with E-state index in [0.717, 1.165) is 16.8 Å². The van der Waals surface area contributed by atoms with E-state index in [2.05, 4.69) is 5.32 Å². The molecule has 1 aliphatic heterocycles. The Morgan fingerprint density at radius 3 is 2.73 bits per heavy atom. The van der Waals surface area contributed by atoms with E-state index >= 15 is 0 Å². The lowest BCUT2D eigenvalue weighted by molar-refractivity contribution is -0.124. The number of nitrogens with one attached hydrogen (secondary N) is 1. The number of aryl methyl sites for hydroxylation is 1. The van der Waals surface area contributed by atoms with E-state index in [1.165, 1.54) is 0 Å². The van der Waals surface area contributed by atoms with Gasteiger partial charge in [0.15, 0.2) is 0 Å². The normalized spacial score (nSPS) is 18.2. The second-order valence-electron chi connectivity index (χ2n) is 4.77. The number of aromatic hydroxyl groups is 1. The summed E-state index contributed by atoms with van der Waals surface area (Å²) in [6.07, 6.45) is 0.585. The summed E-state index contributed by atoms with van der Waals surface area (Å²) in [5.41, 5.74) is 2.17. The Balaban J connectivity index is 2.59. The molecule has 0 aromatic heterocycles. The van der Waals surface area contributed by atoms with Crippen LogP contribution in [-0.4, -0.2) is 11.0 Å². The number of rotatable bonds is 0. The maximum Gasteiger partial charge on any atom is 0.230 e. The van der Waals surface area contributed by atoms with Crippen LogP contribution in [0.3, 0.4) is 0 Å². The van der Waals surface area contributed by atoms with E-state index in [-0.39, 0.29) is 11.7 Å². The van der Waals surface area contributed by atoms with Crippen LogP contribution < -0.4 is 5.32 Å². The van der Waals surface area contributed by atoms with Crippen LogP contribution in [0, 0.1) is 12.3 Å². The lowest BCUT2D eigenvalue weighted by Gasteiger charge is -2.31. The zero-order valence-corrected chi connectivity index (χ0v) is 9.22. The monoisotopic (exact) mass is 205 g/mol. The van der Waals surface area contributed by atoms with Crippen LogP contribution in [0.4, 0.5) is 5.69 Å². The van der Waals surface area contributed by atoms with Crippen LogP contribution in [0.15, 0.2) is 12.1 Å². The molecule has 0 atom stereocenters. The molecule has 1 aromatic carbocycles. The van der Waals surface area contributed by atoms with Gasteiger partial charge in [-0.3, -0.25) is 4.79 Å². The summed E-state index contributed by atoms with van der Waals surface area (Å²) in [5.74, 6) is 0.285. The van der Waals surface area contributed by atoms with Crippen molar-refractivity contribution in [3.05, 3.63) is 23.3 Å². The number of carbonyl (C=O) groups is 1. The van der Waals surface area contributed by atoms with Crippen molar-refractivity contribution in [2.45, 2.75) is 27.2 Å². The van der Waals surface area contributed by atoms with Gasteiger partial charge in [-0.25, -0.2) is 0 Å². The summed E-state index contributed by atoms with van der Waals surface area (Å²) < 4.78 is 0. The summed E-state index contributed by atoms with van der Waals surface area (Å²) in [5, 5.41) is 12.6. The molecule has 0 spiro atoms. The fourth-order valence-corrected chi connectivity index (χ4v) is 1.91. The smallest absolute Gasteiger partial charge is 0.230 e. The number of fused-ring (bicyclic) bond motifs is 1. The lowest BCUT2D eigenvalue weighted by atomic mass is 9.80. The first kappa shape index (κ1) is 10.0. The number of phenolic OH excluding ortho intramolecular Hbond substituents is 1. The minimum Gasteiger partial charge on any atom is -0.508 e. The van der Waals surface area contributed by atoms with E-state index in [9.17, 15) is 9.90 Å². The Labute approximate surface area is 89.1 Å². The second-order valence-corrected chi connectivity index (χ2v) is 4.77. The predicted octanol–water partition coefficient (Wildman–Crippen LogP) is 2.22. The summed E-state index contributed by atoms with van der Waals surface area (Å²) >= 11 is 0. The fourth-order valence-electron chi connectivity index (χ4n) is 1.91. The maximum atomic E-state index is 11.7. The molecule has 1 aliphatic rings. The van der Waals surface area contributed by atoms with Gasteiger partial charge in [-0.1, -0.05) is 19.9 Å². The van der Waals surface area contributed by atoms with Crippen LogP contribution in [0.25, 0.3) is 0 Å². The molecular formula is C12H15NO2. The van der Waals surface area contributed by atoms with Gasteiger partial charge in [-0.2, -0.15) is 0 Å². The molecule has 1 amide bonds. The average molecular weight is 205 g/mol. The SMILES string of the molecule is Cc1ccc(O)c2c1NC(=O)C(C)(C)C2. The summed E-state index contributed by atoms with van der Waals surface area (Å²) in [6, 6.07) is 3.49. The predicted molar refractivity (Wildman–Crippen MR) is 59.0 cm³/mol. The Hall–Kier alpha value is -1.51. The highest BCUT2D eigenvalue weighted by molar-refractivity contribution is 5.99. The largest absolute Gasteiger partial charge is 0.508 e. The molecule has 0 unspecified atom stereocenters. The average Bonchev–Trinajstić information content (AvgIpc) is 2.15. The molecule has 2 N–H and O–H groups in total. The standard InChI is InChI=1S/C12H15NO2/c1-7-4-5-9(14)8-6-12(2,3)11(15)13-10(7)8/h4-5,14H,6H2,1-3H3,(H,13,15). The first-order valence-corrected chi connectivity index (χ1v) is 5.05. The van der Waals surface area contributed by atoms with Crippen molar-refractivity contribution in [1.29, 1.82) is 0 Å². The maximum absolute atomic E-state index is 11.7. The van der Waals surface area contributed by atoms with Crippen molar-refractivity contribution in [2.75, 3.05) is 5.32 Å². The van der Waals surface area contributed by atoms with Gasteiger partial charge in [0.05, 0.1) is 5.69 Å². The van der Waals surface area contributed by atoms with E-state index in [0.29, 0.717) is 6.42 Å².